The van der Waals surface area contributed by atoms with Gasteiger partial charge in [-0.15, -0.1) is 0 Å². The summed E-state index contributed by atoms with van der Waals surface area (Å²) in [7, 11) is 0. The van der Waals surface area contributed by atoms with Gasteiger partial charge in [-0.05, 0) is 139 Å². The van der Waals surface area contributed by atoms with Crippen molar-refractivity contribution < 1.29 is 57.8 Å². The van der Waals surface area contributed by atoms with Crippen molar-refractivity contribution in [3.8, 4) is 0 Å². The highest BCUT2D eigenvalue weighted by Gasteiger charge is 2.51. The largest absolute Gasteiger partial charge is 0.481 e. The molecule has 12 heteroatoms. The molecule has 2 N–H and O–H groups in total. The molecular formula is C40H60O12. The van der Waals surface area contributed by atoms with E-state index in [-0.39, 0.29) is 18.4 Å². The van der Waals surface area contributed by atoms with Crippen molar-refractivity contribution >= 4 is 23.9 Å². The lowest BCUT2D eigenvalue weighted by Gasteiger charge is -2.37. The van der Waals surface area contributed by atoms with Crippen LogP contribution in [0.25, 0.3) is 0 Å². The second kappa shape index (κ2) is 17.0. The molecule has 0 spiro atoms. The van der Waals surface area contributed by atoms with Crippen LogP contribution in [0.4, 0.5) is 0 Å². The van der Waals surface area contributed by atoms with Gasteiger partial charge in [0.1, 0.15) is 0 Å². The average Bonchev–Trinajstić information content (AvgIpc) is 3.94. The van der Waals surface area contributed by atoms with Gasteiger partial charge in [0, 0.05) is 19.3 Å². The lowest BCUT2D eigenvalue weighted by Crippen LogP contribution is -2.37. The van der Waals surface area contributed by atoms with Gasteiger partial charge >= 0.3 is 23.9 Å². The number of carbonyl (C=O) groups is 4. The number of hydrogen-bond acceptors (Lipinski definition) is 10. The van der Waals surface area contributed by atoms with Gasteiger partial charge in [-0.1, -0.05) is 0 Å². The lowest BCUT2D eigenvalue weighted by atomic mass is 9.66. The Labute approximate surface area is 307 Å². The summed E-state index contributed by atoms with van der Waals surface area (Å²) in [5.41, 5.74) is -0.797. The Morgan fingerprint density at radius 1 is 0.500 bits per heavy atom. The number of aliphatic carboxylic acids is 2. The summed E-state index contributed by atoms with van der Waals surface area (Å²) in [6.45, 7) is 1.03. The first-order valence-corrected chi connectivity index (χ1v) is 20.5. The molecule has 4 saturated carbocycles. The Bertz CT molecular complexity index is 1190. The molecule has 12 atom stereocenters. The van der Waals surface area contributed by atoms with Gasteiger partial charge in [-0.3, -0.25) is 19.2 Å². The van der Waals surface area contributed by atoms with Crippen molar-refractivity contribution in [1.82, 2.24) is 0 Å². The molecule has 4 aliphatic carbocycles. The number of carboxylic acids is 2. The molecule has 12 nitrogen and oxygen atoms in total. The van der Waals surface area contributed by atoms with Crippen LogP contribution in [0.1, 0.15) is 135 Å². The van der Waals surface area contributed by atoms with E-state index in [0.717, 1.165) is 77.0 Å². The highest BCUT2D eigenvalue weighted by Crippen LogP contribution is 2.50. The quantitative estimate of drug-likeness (QED) is 0.0957. The number of carbonyl (C=O) groups excluding carboxylic acids is 2. The van der Waals surface area contributed by atoms with E-state index in [4.69, 9.17) is 33.5 Å². The van der Waals surface area contributed by atoms with Gasteiger partial charge < -0.3 is 38.6 Å². The molecule has 0 radical (unpaired) electrons. The molecule has 8 rings (SSSR count). The van der Waals surface area contributed by atoms with Gasteiger partial charge in [0.05, 0.1) is 67.5 Å². The fourth-order valence-corrected chi connectivity index (χ4v) is 9.98. The summed E-state index contributed by atoms with van der Waals surface area (Å²) in [4.78, 5) is 47.0. The molecule has 8 fully saturated rings. The molecule has 0 bridgehead atoms. The van der Waals surface area contributed by atoms with Crippen molar-refractivity contribution in [3.63, 3.8) is 0 Å². The zero-order valence-corrected chi connectivity index (χ0v) is 30.7. The number of carboxylic acid groups (broad SMARTS) is 2. The predicted molar refractivity (Wildman–Crippen MR) is 185 cm³/mol. The number of esters is 2. The van der Waals surface area contributed by atoms with E-state index in [1.54, 1.807) is 0 Å². The smallest absolute Gasteiger partial charge is 0.309 e. The number of epoxide rings is 4. The van der Waals surface area contributed by atoms with E-state index in [0.29, 0.717) is 137 Å². The predicted octanol–water partition coefficient (Wildman–Crippen LogP) is 6.00. The Hall–Kier alpha value is -2.28. The van der Waals surface area contributed by atoms with E-state index in [1.807, 2.05) is 0 Å². The zero-order chi connectivity index (χ0) is 36.2. The van der Waals surface area contributed by atoms with Crippen LogP contribution in [0, 0.1) is 29.1 Å². The van der Waals surface area contributed by atoms with Crippen molar-refractivity contribution in [2.75, 3.05) is 13.2 Å². The van der Waals surface area contributed by atoms with Gasteiger partial charge in [-0.2, -0.15) is 0 Å². The summed E-state index contributed by atoms with van der Waals surface area (Å²) in [5.74, 6) is -0.218. The molecule has 8 aliphatic rings. The monoisotopic (exact) mass is 732 g/mol. The summed E-state index contributed by atoms with van der Waals surface area (Å²) in [5, 5.41) is 19.2. The van der Waals surface area contributed by atoms with Gasteiger partial charge in [0.25, 0.3) is 0 Å². The second-order valence-corrected chi connectivity index (χ2v) is 17.4. The fourth-order valence-electron chi connectivity index (χ4n) is 9.98. The van der Waals surface area contributed by atoms with Crippen molar-refractivity contribution in [2.45, 2.75) is 184 Å². The molecule has 0 aromatic heterocycles. The zero-order valence-electron chi connectivity index (χ0n) is 30.7. The minimum Gasteiger partial charge on any atom is -0.481 e. The molecular weight excluding hydrogens is 672 g/mol. The molecule has 4 saturated heterocycles. The molecule has 4 heterocycles. The summed E-state index contributed by atoms with van der Waals surface area (Å²) >= 11 is 0. The Balaban J connectivity index is 0.000000162. The number of rotatable bonds is 18. The summed E-state index contributed by atoms with van der Waals surface area (Å²) in [6, 6.07) is 0. The van der Waals surface area contributed by atoms with Crippen molar-refractivity contribution in [2.24, 2.45) is 29.1 Å². The van der Waals surface area contributed by atoms with Crippen molar-refractivity contribution in [3.05, 3.63) is 0 Å². The normalized spacial score (nSPS) is 38.6. The fraction of sp³-hybridized carbons (Fsp3) is 0.900. The highest BCUT2D eigenvalue weighted by atomic mass is 16.6. The number of unbranched alkanes of at least 4 members (excludes halogenated alkanes) is 1. The molecule has 12 unspecified atom stereocenters. The molecule has 0 aromatic carbocycles. The number of fused-ring (bicyclic) bond motifs is 4. The van der Waals surface area contributed by atoms with E-state index in [1.165, 1.54) is 0 Å². The number of ether oxygens (including phenoxy) is 6. The average molecular weight is 733 g/mol. The van der Waals surface area contributed by atoms with Gasteiger partial charge in [0.15, 0.2) is 0 Å². The third-order valence-corrected chi connectivity index (χ3v) is 13.3. The Morgan fingerprint density at radius 2 is 0.885 bits per heavy atom. The van der Waals surface area contributed by atoms with E-state index in [2.05, 4.69) is 0 Å². The molecule has 0 aromatic rings. The first-order chi connectivity index (χ1) is 25.1. The lowest BCUT2D eigenvalue weighted by molar-refractivity contribution is -0.153. The molecule has 52 heavy (non-hydrogen) atoms. The maximum atomic E-state index is 12.4. The van der Waals surface area contributed by atoms with Crippen LogP contribution in [0.3, 0.4) is 0 Å². The van der Waals surface area contributed by atoms with E-state index in [9.17, 15) is 24.3 Å². The SMILES string of the molecule is O=C(CCCCC(=O)OCC1CCC2OC2C1)OCC1CCC2OC2C1.O=C(O)CCCC(CC1CCC2OC2C1)(CC1CCC2OC2C1)C(=O)O. The Kier molecular flexibility index (Phi) is 12.4. The topological polar surface area (TPSA) is 177 Å². The first kappa shape index (κ1) is 38.0. The minimum absolute atomic E-state index is 0.0476. The van der Waals surface area contributed by atoms with Crippen LogP contribution in [0.2, 0.25) is 0 Å². The standard InChI is InChI=1S/2C20H30O6/c21-18(22)2-1-7-20(19(23)24,10-12-3-5-14-16(8-12)25-14)11-13-4-6-15-17(9-13)26-15;21-19(23-11-13-5-7-15-17(9-13)25-15)3-1-2-4-20(22)24-12-14-6-8-16-18(10-14)26-16/h12-17H,1-11H2,(H,21,22)(H,23,24);13-18H,1-12H2. The highest BCUT2D eigenvalue weighted by molar-refractivity contribution is 5.75. The van der Waals surface area contributed by atoms with E-state index >= 15 is 0 Å². The maximum absolute atomic E-state index is 12.4. The van der Waals surface area contributed by atoms with Crippen molar-refractivity contribution in [1.29, 1.82) is 0 Å². The van der Waals surface area contributed by atoms with Gasteiger partial charge in [-0.25, -0.2) is 0 Å². The van der Waals surface area contributed by atoms with Gasteiger partial charge in [0.2, 0.25) is 0 Å². The summed E-state index contributed by atoms with van der Waals surface area (Å²) < 4.78 is 33.0. The van der Waals surface area contributed by atoms with Crippen LogP contribution in [-0.2, 0) is 47.6 Å². The second-order valence-electron chi connectivity index (χ2n) is 17.4. The molecule has 4 aliphatic heterocycles. The Morgan fingerprint density at radius 3 is 1.25 bits per heavy atom. The summed E-state index contributed by atoms with van der Waals surface area (Å²) in [6.07, 6.45) is 20.3. The third-order valence-electron chi connectivity index (χ3n) is 13.3. The van der Waals surface area contributed by atoms with E-state index < -0.39 is 17.4 Å². The minimum atomic E-state index is -0.844. The van der Waals surface area contributed by atoms with Crippen LogP contribution < -0.4 is 0 Å². The first-order valence-electron chi connectivity index (χ1n) is 20.5. The third kappa shape index (κ3) is 10.9. The maximum Gasteiger partial charge on any atom is 0.309 e. The number of hydrogen-bond donors (Lipinski definition) is 2. The molecule has 0 amide bonds. The molecule has 292 valence electrons. The van der Waals surface area contributed by atoms with Crippen LogP contribution in [0.5, 0.6) is 0 Å². The van der Waals surface area contributed by atoms with Crippen LogP contribution in [-0.4, -0.2) is 96.1 Å². The van der Waals surface area contributed by atoms with Crippen LogP contribution in [0.15, 0.2) is 0 Å². The van der Waals surface area contributed by atoms with Crippen LogP contribution >= 0.6 is 0 Å².